The zero-order valence-electron chi connectivity index (χ0n) is 23.8. The lowest BCUT2D eigenvalue weighted by molar-refractivity contribution is 0.0730. The van der Waals surface area contributed by atoms with Crippen LogP contribution in [0.5, 0.6) is 11.6 Å². The van der Waals surface area contributed by atoms with Crippen LogP contribution in [0.3, 0.4) is 0 Å². The van der Waals surface area contributed by atoms with Gasteiger partial charge in [-0.25, -0.2) is 19.2 Å². The molecule has 11 heteroatoms. The molecule has 0 amide bonds. The number of methoxy groups -OCH3 is 1. The summed E-state index contributed by atoms with van der Waals surface area (Å²) in [6.45, 7) is 8.95. The van der Waals surface area contributed by atoms with E-state index in [1.54, 1.807) is 30.6 Å². The molecule has 1 aliphatic heterocycles. The Morgan fingerprint density at radius 3 is 2.50 bits per heavy atom. The molecule has 218 valence electrons. The molecule has 1 fully saturated rings. The van der Waals surface area contributed by atoms with E-state index in [-0.39, 0.29) is 17.2 Å². The average Bonchev–Trinajstić information content (AvgIpc) is 3.46. The molecule has 3 N–H and O–H groups in total. The molecule has 10 nitrogen and oxygen atoms in total. The van der Waals surface area contributed by atoms with Crippen molar-refractivity contribution in [2.45, 2.75) is 26.4 Å². The Kier molecular flexibility index (Phi) is 8.60. The standard InChI is InChI=1S/C31H33FN6O4/c1-19(2)38-10-8-37(9-11-38)18-24-17-36-30(41-24)25-12-20(14-28(34)27(25)15-33)21-13-26(29(40-3)35-16-21)31(39)42-23-6-4-22(32)5-7-23/h4-7,12-17,19,33H,8-11,18,34H2,1-3H3. The van der Waals surface area contributed by atoms with Crippen molar-refractivity contribution in [2.75, 3.05) is 39.0 Å². The first-order valence-electron chi connectivity index (χ1n) is 13.6. The Labute approximate surface area is 243 Å². The van der Waals surface area contributed by atoms with Gasteiger partial charge in [-0.1, -0.05) is 0 Å². The number of halogens is 1. The van der Waals surface area contributed by atoms with Gasteiger partial charge >= 0.3 is 5.97 Å². The molecule has 0 aliphatic carbocycles. The first-order valence-corrected chi connectivity index (χ1v) is 13.6. The number of carbonyl (C=O) groups is 1. The maximum Gasteiger partial charge on any atom is 0.349 e. The molecule has 0 saturated carbocycles. The highest BCUT2D eigenvalue weighted by atomic mass is 19.1. The van der Waals surface area contributed by atoms with Gasteiger partial charge in [0.25, 0.3) is 0 Å². The zero-order valence-corrected chi connectivity index (χ0v) is 23.8. The number of pyridine rings is 1. The van der Waals surface area contributed by atoms with Gasteiger partial charge in [0.15, 0.2) is 0 Å². The summed E-state index contributed by atoms with van der Waals surface area (Å²) >= 11 is 0. The maximum absolute atomic E-state index is 13.3. The number of hydrogen-bond donors (Lipinski definition) is 2. The Balaban J connectivity index is 1.42. The van der Waals surface area contributed by atoms with Gasteiger partial charge in [0.05, 0.1) is 19.9 Å². The van der Waals surface area contributed by atoms with Crippen LogP contribution in [0.25, 0.3) is 22.6 Å². The van der Waals surface area contributed by atoms with Crippen molar-refractivity contribution < 1.29 is 23.1 Å². The monoisotopic (exact) mass is 572 g/mol. The number of carbonyl (C=O) groups excluding carboxylic acids is 1. The normalized spacial score (nSPS) is 14.2. The largest absolute Gasteiger partial charge is 0.480 e. The summed E-state index contributed by atoms with van der Waals surface area (Å²) in [5.74, 6) is 0.151. The molecule has 42 heavy (non-hydrogen) atoms. The first-order chi connectivity index (χ1) is 20.2. The van der Waals surface area contributed by atoms with Crippen LogP contribution in [-0.2, 0) is 6.54 Å². The average molecular weight is 573 g/mol. The van der Waals surface area contributed by atoms with Gasteiger partial charge in [0.1, 0.15) is 22.9 Å². The number of nitrogen functional groups attached to an aromatic ring is 1. The molecule has 1 saturated heterocycles. The molecular formula is C31H33FN6O4. The first kappa shape index (κ1) is 28.9. The predicted octanol–water partition coefficient (Wildman–Crippen LogP) is 4.88. The topological polar surface area (TPSA) is 131 Å². The maximum atomic E-state index is 13.3. The van der Waals surface area contributed by atoms with Crippen molar-refractivity contribution >= 4 is 17.9 Å². The Morgan fingerprint density at radius 1 is 1.10 bits per heavy atom. The molecule has 0 unspecified atom stereocenters. The van der Waals surface area contributed by atoms with Crippen LogP contribution in [-0.4, -0.2) is 71.3 Å². The van der Waals surface area contributed by atoms with E-state index in [1.807, 2.05) is 0 Å². The summed E-state index contributed by atoms with van der Waals surface area (Å²) in [6, 6.07) is 10.7. The van der Waals surface area contributed by atoms with Gasteiger partial charge in [0.2, 0.25) is 11.8 Å². The lowest BCUT2D eigenvalue weighted by atomic mass is 9.97. The summed E-state index contributed by atoms with van der Waals surface area (Å²) in [6.07, 6.45) is 4.42. The number of nitrogens with one attached hydrogen (secondary N) is 1. The number of ether oxygens (including phenoxy) is 2. The van der Waals surface area contributed by atoms with Crippen molar-refractivity contribution in [2.24, 2.45) is 0 Å². The molecule has 3 heterocycles. The SMILES string of the molecule is COc1ncc(-c2cc(N)c(C=N)c(-c3ncc(CN4CCN(C(C)C)CC4)o3)c2)cc1C(=O)Oc1ccc(F)cc1. The van der Waals surface area contributed by atoms with Crippen LogP contribution in [0.15, 0.2) is 59.3 Å². The van der Waals surface area contributed by atoms with E-state index in [2.05, 4.69) is 33.6 Å². The van der Waals surface area contributed by atoms with Crippen molar-refractivity contribution in [1.29, 1.82) is 5.41 Å². The molecule has 1 aliphatic rings. The fourth-order valence-electron chi connectivity index (χ4n) is 4.93. The van der Waals surface area contributed by atoms with Gasteiger partial charge in [-0.2, -0.15) is 0 Å². The van der Waals surface area contributed by atoms with Crippen molar-refractivity contribution in [3.05, 3.63) is 77.6 Å². The number of piperazine rings is 1. The predicted molar refractivity (Wildman–Crippen MR) is 157 cm³/mol. The highest BCUT2D eigenvalue weighted by molar-refractivity contribution is 5.97. The number of nitrogens with two attached hydrogens (primary N) is 1. The summed E-state index contributed by atoms with van der Waals surface area (Å²) in [4.78, 5) is 26.6. The van der Waals surface area contributed by atoms with Gasteiger partial charge in [0, 0.05) is 67.0 Å². The minimum Gasteiger partial charge on any atom is -0.480 e. The van der Waals surface area contributed by atoms with E-state index in [0.29, 0.717) is 46.4 Å². The smallest absolute Gasteiger partial charge is 0.349 e. The highest BCUT2D eigenvalue weighted by Crippen LogP contribution is 2.34. The van der Waals surface area contributed by atoms with Crippen LogP contribution in [0.1, 0.15) is 35.5 Å². The Hall–Kier alpha value is -4.61. The number of esters is 1. The molecule has 0 bridgehead atoms. The summed E-state index contributed by atoms with van der Waals surface area (Å²) in [5, 5.41) is 7.98. The van der Waals surface area contributed by atoms with Crippen LogP contribution < -0.4 is 15.2 Å². The molecule has 0 atom stereocenters. The zero-order chi connectivity index (χ0) is 29.8. The molecule has 4 aromatic rings. The molecule has 2 aromatic carbocycles. The number of hydrogen-bond acceptors (Lipinski definition) is 10. The second-order valence-electron chi connectivity index (χ2n) is 10.3. The van der Waals surface area contributed by atoms with E-state index < -0.39 is 11.8 Å². The summed E-state index contributed by atoms with van der Waals surface area (Å²) < 4.78 is 30.1. The fraction of sp³-hybridized carbons (Fsp3) is 0.290. The molecule has 0 radical (unpaired) electrons. The van der Waals surface area contributed by atoms with Crippen molar-refractivity contribution in [3.63, 3.8) is 0 Å². The van der Waals surface area contributed by atoms with Crippen LogP contribution in [0, 0.1) is 11.2 Å². The fourth-order valence-corrected chi connectivity index (χ4v) is 4.93. The third kappa shape index (κ3) is 6.32. The third-order valence-electron chi connectivity index (χ3n) is 7.28. The van der Waals surface area contributed by atoms with E-state index in [4.69, 9.17) is 25.0 Å². The number of nitrogens with zero attached hydrogens (tertiary/aromatic N) is 4. The molecule has 5 rings (SSSR count). The van der Waals surface area contributed by atoms with E-state index in [0.717, 1.165) is 31.9 Å². The number of benzene rings is 2. The van der Waals surface area contributed by atoms with Gasteiger partial charge in [-0.15, -0.1) is 0 Å². The lowest BCUT2D eigenvalue weighted by Gasteiger charge is -2.36. The van der Waals surface area contributed by atoms with E-state index >= 15 is 0 Å². The highest BCUT2D eigenvalue weighted by Gasteiger charge is 2.22. The number of rotatable bonds is 9. The molecular weight excluding hydrogens is 539 g/mol. The van der Waals surface area contributed by atoms with E-state index in [1.165, 1.54) is 37.6 Å². The minimum atomic E-state index is -0.719. The Morgan fingerprint density at radius 2 is 1.83 bits per heavy atom. The number of anilines is 1. The van der Waals surface area contributed by atoms with E-state index in [9.17, 15) is 9.18 Å². The van der Waals surface area contributed by atoms with Gasteiger partial charge in [-0.05, 0) is 61.9 Å². The van der Waals surface area contributed by atoms with Crippen LogP contribution in [0.4, 0.5) is 10.1 Å². The van der Waals surface area contributed by atoms with Crippen LogP contribution in [0.2, 0.25) is 0 Å². The quantitative estimate of drug-likeness (QED) is 0.125. The second-order valence-corrected chi connectivity index (χ2v) is 10.3. The van der Waals surface area contributed by atoms with Gasteiger partial charge < -0.3 is 25.0 Å². The molecule has 2 aromatic heterocycles. The third-order valence-corrected chi connectivity index (χ3v) is 7.28. The minimum absolute atomic E-state index is 0.0711. The second kappa shape index (κ2) is 12.5. The lowest BCUT2D eigenvalue weighted by Crippen LogP contribution is -2.48. The van der Waals surface area contributed by atoms with Gasteiger partial charge in [-0.3, -0.25) is 9.80 Å². The Bertz CT molecular complexity index is 1580. The summed E-state index contributed by atoms with van der Waals surface area (Å²) in [5.41, 5.74) is 8.98. The van der Waals surface area contributed by atoms with Crippen LogP contribution >= 0.6 is 0 Å². The molecule has 0 spiro atoms. The summed E-state index contributed by atoms with van der Waals surface area (Å²) in [7, 11) is 1.40. The van der Waals surface area contributed by atoms with Crippen molar-refractivity contribution in [1.82, 2.24) is 19.8 Å². The number of oxazole rings is 1. The number of aromatic nitrogens is 2. The van der Waals surface area contributed by atoms with Crippen molar-refractivity contribution in [3.8, 4) is 34.2 Å².